The highest BCUT2D eigenvalue weighted by Crippen LogP contribution is 2.37. The van der Waals surface area contributed by atoms with Gasteiger partial charge in [0.1, 0.15) is 5.75 Å². The lowest BCUT2D eigenvalue weighted by atomic mass is 9.79. The molecule has 0 spiro atoms. The van der Waals surface area contributed by atoms with E-state index in [2.05, 4.69) is 0 Å². The molecular weight excluding hydrogens is 352 g/mol. The van der Waals surface area contributed by atoms with Crippen LogP contribution in [0.4, 0.5) is 0 Å². The maximum absolute atomic E-state index is 12.6. The molecule has 0 radical (unpaired) electrons. The van der Waals surface area contributed by atoms with Gasteiger partial charge >= 0.3 is 5.97 Å². The van der Waals surface area contributed by atoms with E-state index in [1.165, 1.54) is 11.1 Å². The minimum absolute atomic E-state index is 0.183. The number of aryl methyl sites for hydroxylation is 1. The number of esters is 1. The number of rotatable bonds is 7. The highest BCUT2D eigenvalue weighted by Gasteiger charge is 2.32. The molecule has 1 atom stereocenters. The van der Waals surface area contributed by atoms with Gasteiger partial charge in [0.25, 0.3) is 0 Å². The van der Waals surface area contributed by atoms with Gasteiger partial charge in [-0.2, -0.15) is 0 Å². The Kier molecular flexibility index (Phi) is 6.18. The predicted molar refractivity (Wildman–Crippen MR) is 109 cm³/mol. The van der Waals surface area contributed by atoms with Gasteiger partial charge in [-0.3, -0.25) is 4.79 Å². The first-order valence-electron chi connectivity index (χ1n) is 9.98. The third-order valence-corrected chi connectivity index (χ3v) is 5.22. The summed E-state index contributed by atoms with van der Waals surface area (Å²) >= 11 is 0. The summed E-state index contributed by atoms with van der Waals surface area (Å²) in [6.45, 7) is 5.54. The van der Waals surface area contributed by atoms with Gasteiger partial charge in [0, 0.05) is 12.0 Å². The van der Waals surface area contributed by atoms with Gasteiger partial charge in [0.05, 0.1) is 6.61 Å². The van der Waals surface area contributed by atoms with E-state index in [4.69, 9.17) is 9.47 Å². The van der Waals surface area contributed by atoms with Crippen molar-refractivity contribution in [2.75, 3.05) is 6.61 Å². The smallest absolute Gasteiger partial charge is 0.349 e. The van der Waals surface area contributed by atoms with Gasteiger partial charge in [-0.05, 0) is 69.2 Å². The van der Waals surface area contributed by atoms with Gasteiger partial charge in [-0.1, -0.05) is 36.4 Å². The average Bonchev–Trinajstić information content (AvgIpc) is 2.68. The van der Waals surface area contributed by atoms with Crippen molar-refractivity contribution in [3.05, 3.63) is 65.2 Å². The maximum atomic E-state index is 12.6. The number of benzene rings is 2. The Balaban J connectivity index is 1.75. The van der Waals surface area contributed by atoms with Crippen LogP contribution in [0.1, 0.15) is 67.4 Å². The standard InChI is InChI=1S/C24H28O4/c1-4-27-23(26)24(2,3)28-20-13-14-21-18(15-20)11-8-12-19(21)16-22(25)17-9-6-5-7-10-17/h5-7,9-10,13-15,19H,4,8,11-12,16H2,1-3H3. The summed E-state index contributed by atoms with van der Waals surface area (Å²) in [7, 11) is 0. The van der Waals surface area contributed by atoms with E-state index in [1.807, 2.05) is 48.5 Å². The van der Waals surface area contributed by atoms with Crippen LogP contribution in [0.5, 0.6) is 5.75 Å². The molecule has 1 unspecified atom stereocenters. The molecule has 2 aromatic rings. The largest absolute Gasteiger partial charge is 0.476 e. The van der Waals surface area contributed by atoms with E-state index in [0.717, 1.165) is 24.8 Å². The number of fused-ring (bicyclic) bond motifs is 1. The van der Waals surface area contributed by atoms with Crippen LogP contribution in [0, 0.1) is 0 Å². The summed E-state index contributed by atoms with van der Waals surface area (Å²) in [4.78, 5) is 24.7. The van der Waals surface area contributed by atoms with E-state index < -0.39 is 5.60 Å². The number of hydrogen-bond acceptors (Lipinski definition) is 4. The molecule has 0 saturated heterocycles. The van der Waals surface area contributed by atoms with Gasteiger partial charge < -0.3 is 9.47 Å². The second-order valence-corrected chi connectivity index (χ2v) is 7.78. The molecule has 0 N–H and O–H groups in total. The molecule has 0 aliphatic heterocycles. The Morgan fingerprint density at radius 3 is 2.57 bits per heavy atom. The molecule has 4 heteroatoms. The Hall–Kier alpha value is -2.62. The van der Waals surface area contributed by atoms with Crippen molar-refractivity contribution in [2.24, 2.45) is 0 Å². The van der Waals surface area contributed by atoms with Gasteiger partial charge in [0.15, 0.2) is 11.4 Å². The molecule has 0 bridgehead atoms. The second-order valence-electron chi connectivity index (χ2n) is 7.78. The minimum Gasteiger partial charge on any atom is -0.476 e. The quantitative estimate of drug-likeness (QED) is 0.495. The van der Waals surface area contributed by atoms with Gasteiger partial charge in [-0.15, -0.1) is 0 Å². The molecule has 0 amide bonds. The van der Waals surface area contributed by atoms with Crippen molar-refractivity contribution < 1.29 is 19.1 Å². The summed E-state index contributed by atoms with van der Waals surface area (Å²) < 4.78 is 11.0. The fourth-order valence-electron chi connectivity index (χ4n) is 3.77. The zero-order chi connectivity index (χ0) is 20.1. The zero-order valence-electron chi connectivity index (χ0n) is 16.9. The number of carbonyl (C=O) groups is 2. The van der Waals surface area contributed by atoms with Crippen LogP contribution < -0.4 is 4.74 Å². The predicted octanol–water partition coefficient (Wildman–Crippen LogP) is 5.10. The number of hydrogen-bond donors (Lipinski definition) is 0. The fourth-order valence-corrected chi connectivity index (χ4v) is 3.77. The lowest BCUT2D eigenvalue weighted by Gasteiger charge is -2.28. The van der Waals surface area contributed by atoms with Crippen LogP contribution in [-0.2, 0) is 16.0 Å². The van der Waals surface area contributed by atoms with Crippen LogP contribution in [0.25, 0.3) is 0 Å². The van der Waals surface area contributed by atoms with E-state index in [-0.39, 0.29) is 17.7 Å². The molecule has 0 heterocycles. The van der Waals surface area contributed by atoms with Crippen molar-refractivity contribution in [3.63, 3.8) is 0 Å². The Morgan fingerprint density at radius 1 is 1.11 bits per heavy atom. The lowest BCUT2D eigenvalue weighted by Crippen LogP contribution is -2.39. The highest BCUT2D eigenvalue weighted by atomic mass is 16.6. The third-order valence-electron chi connectivity index (χ3n) is 5.22. The first kappa shape index (κ1) is 20.1. The normalized spacial score (nSPS) is 16.2. The topological polar surface area (TPSA) is 52.6 Å². The van der Waals surface area contributed by atoms with Crippen molar-refractivity contribution in [2.45, 2.75) is 58.0 Å². The molecule has 0 fully saturated rings. The molecule has 4 nitrogen and oxygen atoms in total. The molecule has 1 aliphatic carbocycles. The molecule has 0 aromatic heterocycles. The molecule has 148 valence electrons. The first-order valence-corrected chi connectivity index (χ1v) is 9.98. The van der Waals surface area contributed by atoms with Crippen LogP contribution in [0.3, 0.4) is 0 Å². The number of carbonyl (C=O) groups excluding carboxylic acids is 2. The summed E-state index contributed by atoms with van der Waals surface area (Å²) in [5, 5.41) is 0. The summed E-state index contributed by atoms with van der Waals surface area (Å²) in [6.07, 6.45) is 3.54. The van der Waals surface area contributed by atoms with E-state index in [1.54, 1.807) is 20.8 Å². The molecule has 3 rings (SSSR count). The molecule has 1 aliphatic rings. The van der Waals surface area contributed by atoms with Crippen molar-refractivity contribution in [3.8, 4) is 5.75 Å². The van der Waals surface area contributed by atoms with Gasteiger partial charge in [0.2, 0.25) is 0 Å². The van der Waals surface area contributed by atoms with Crippen molar-refractivity contribution in [1.82, 2.24) is 0 Å². The highest BCUT2D eigenvalue weighted by molar-refractivity contribution is 5.96. The van der Waals surface area contributed by atoms with Crippen LogP contribution in [0.2, 0.25) is 0 Å². The van der Waals surface area contributed by atoms with Crippen molar-refractivity contribution >= 4 is 11.8 Å². The average molecular weight is 380 g/mol. The summed E-state index contributed by atoms with van der Waals surface area (Å²) in [6, 6.07) is 15.4. The van der Waals surface area contributed by atoms with Crippen molar-refractivity contribution in [1.29, 1.82) is 0 Å². The Morgan fingerprint density at radius 2 is 1.86 bits per heavy atom. The third kappa shape index (κ3) is 4.61. The number of ether oxygens (including phenoxy) is 2. The van der Waals surface area contributed by atoms with Crippen LogP contribution in [-0.4, -0.2) is 24.0 Å². The monoisotopic (exact) mass is 380 g/mol. The molecule has 0 saturated carbocycles. The minimum atomic E-state index is -1.04. The number of ketones is 1. The molecule has 28 heavy (non-hydrogen) atoms. The second kappa shape index (κ2) is 8.59. The fraction of sp³-hybridized carbons (Fsp3) is 0.417. The molecule has 2 aromatic carbocycles. The Labute approximate surface area is 166 Å². The van der Waals surface area contributed by atoms with E-state index in [9.17, 15) is 9.59 Å². The Bertz CT molecular complexity index is 839. The van der Waals surface area contributed by atoms with E-state index in [0.29, 0.717) is 18.8 Å². The summed E-state index contributed by atoms with van der Waals surface area (Å²) in [5.74, 6) is 0.691. The zero-order valence-corrected chi connectivity index (χ0v) is 16.9. The number of Topliss-reactive ketones (excluding diaryl/α,β-unsaturated/α-hetero) is 1. The van der Waals surface area contributed by atoms with Gasteiger partial charge in [-0.25, -0.2) is 4.79 Å². The first-order chi connectivity index (χ1) is 13.4. The van der Waals surface area contributed by atoms with E-state index >= 15 is 0 Å². The summed E-state index contributed by atoms with van der Waals surface area (Å²) in [5.41, 5.74) is 2.15. The SMILES string of the molecule is CCOC(=O)C(C)(C)Oc1ccc2c(c1)CCCC2CC(=O)c1ccccc1. The maximum Gasteiger partial charge on any atom is 0.349 e. The lowest BCUT2D eigenvalue weighted by molar-refractivity contribution is -0.158. The van der Waals surface area contributed by atoms with Crippen LogP contribution in [0.15, 0.2) is 48.5 Å². The van der Waals surface area contributed by atoms with Crippen LogP contribution >= 0.6 is 0 Å². The molecular formula is C24H28O4.